The number of carbonyl (C=O) groups is 2. The van der Waals surface area contributed by atoms with E-state index in [2.05, 4.69) is 5.32 Å². The van der Waals surface area contributed by atoms with Crippen molar-refractivity contribution in [3.8, 4) is 17.2 Å². The van der Waals surface area contributed by atoms with Crippen molar-refractivity contribution >= 4 is 11.9 Å². The molecule has 0 fully saturated rings. The van der Waals surface area contributed by atoms with Crippen LogP contribution < -0.4 is 14.8 Å². The summed E-state index contributed by atoms with van der Waals surface area (Å²) in [6, 6.07) is 2.05. The maximum Gasteiger partial charge on any atom is 0.326 e. The average molecular weight is 311 g/mol. The molecule has 1 atom stereocenters. The summed E-state index contributed by atoms with van der Waals surface area (Å²) in [5, 5.41) is 21.4. The van der Waals surface area contributed by atoms with E-state index in [9.17, 15) is 14.7 Å². The number of aliphatic carboxylic acids is 1. The molecule has 0 aliphatic rings. The molecule has 7 nitrogen and oxygen atoms in total. The van der Waals surface area contributed by atoms with E-state index >= 15 is 0 Å². The Kier molecular flexibility index (Phi) is 6.03. The van der Waals surface area contributed by atoms with Crippen molar-refractivity contribution in [3.63, 3.8) is 0 Å². The van der Waals surface area contributed by atoms with Crippen LogP contribution in [0.25, 0.3) is 0 Å². The molecular formula is C15H21NO6. The van der Waals surface area contributed by atoms with Gasteiger partial charge in [0.2, 0.25) is 11.7 Å². The standard InChI is InChI=1S/C15H21NO6/c1-8(2)13(15(19)20)16-12(17)7-9-5-10(21-3)14(18)11(6-9)22-4/h5-6,8,13,18H,7H2,1-4H3,(H,16,17)(H,19,20)/t13-/m1/s1. The van der Waals surface area contributed by atoms with Crippen molar-refractivity contribution in [2.45, 2.75) is 26.3 Å². The van der Waals surface area contributed by atoms with Crippen LogP contribution in [-0.2, 0) is 16.0 Å². The fourth-order valence-corrected chi connectivity index (χ4v) is 1.97. The number of hydrogen-bond donors (Lipinski definition) is 3. The summed E-state index contributed by atoms with van der Waals surface area (Å²) >= 11 is 0. The van der Waals surface area contributed by atoms with E-state index in [1.807, 2.05) is 0 Å². The molecule has 0 radical (unpaired) electrons. The zero-order valence-corrected chi connectivity index (χ0v) is 13.0. The predicted octanol–water partition coefficient (Wildman–Crippen LogP) is 1.18. The Morgan fingerprint density at radius 2 is 1.68 bits per heavy atom. The zero-order chi connectivity index (χ0) is 16.9. The van der Waals surface area contributed by atoms with Gasteiger partial charge in [-0.1, -0.05) is 13.8 Å². The van der Waals surface area contributed by atoms with Gasteiger partial charge in [0.15, 0.2) is 11.5 Å². The first-order valence-electron chi connectivity index (χ1n) is 6.76. The number of methoxy groups -OCH3 is 2. The minimum Gasteiger partial charge on any atom is -0.502 e. The molecule has 3 N–H and O–H groups in total. The summed E-state index contributed by atoms with van der Waals surface area (Å²) in [6.45, 7) is 3.43. The maximum absolute atomic E-state index is 12.0. The number of nitrogens with one attached hydrogen (secondary N) is 1. The van der Waals surface area contributed by atoms with Gasteiger partial charge in [0.05, 0.1) is 20.6 Å². The van der Waals surface area contributed by atoms with Crippen molar-refractivity contribution in [1.82, 2.24) is 5.32 Å². The third-order valence-electron chi connectivity index (χ3n) is 3.15. The number of ether oxygens (including phenoxy) is 2. The smallest absolute Gasteiger partial charge is 0.326 e. The average Bonchev–Trinajstić information content (AvgIpc) is 2.45. The molecule has 0 aliphatic heterocycles. The third kappa shape index (κ3) is 4.28. The third-order valence-corrected chi connectivity index (χ3v) is 3.15. The lowest BCUT2D eigenvalue weighted by molar-refractivity contribution is -0.143. The summed E-state index contributed by atoms with van der Waals surface area (Å²) in [5.74, 6) is -1.54. The highest BCUT2D eigenvalue weighted by Gasteiger charge is 2.23. The molecule has 0 saturated heterocycles. The minimum atomic E-state index is -1.08. The lowest BCUT2D eigenvalue weighted by Crippen LogP contribution is -2.44. The van der Waals surface area contributed by atoms with E-state index in [0.29, 0.717) is 5.56 Å². The number of phenolic OH excluding ortho intramolecular Hbond substituents is 1. The van der Waals surface area contributed by atoms with Gasteiger partial charge in [-0.3, -0.25) is 4.79 Å². The number of carboxylic acids is 1. The molecule has 22 heavy (non-hydrogen) atoms. The lowest BCUT2D eigenvalue weighted by Gasteiger charge is -2.18. The van der Waals surface area contributed by atoms with Crippen molar-refractivity contribution in [3.05, 3.63) is 17.7 Å². The van der Waals surface area contributed by atoms with Gasteiger partial charge in [0.25, 0.3) is 0 Å². The number of carboxylic acid groups (broad SMARTS) is 1. The summed E-state index contributed by atoms with van der Waals surface area (Å²) in [4.78, 5) is 23.1. The van der Waals surface area contributed by atoms with Gasteiger partial charge in [-0.2, -0.15) is 0 Å². The number of carbonyl (C=O) groups excluding carboxylic acids is 1. The molecule has 1 amide bonds. The van der Waals surface area contributed by atoms with Gasteiger partial charge >= 0.3 is 5.97 Å². The SMILES string of the molecule is COc1cc(CC(=O)N[C@@H](C(=O)O)C(C)C)cc(OC)c1O. The monoisotopic (exact) mass is 311 g/mol. The summed E-state index contributed by atoms with van der Waals surface area (Å²) in [6.07, 6.45) is -0.0521. The maximum atomic E-state index is 12.0. The zero-order valence-electron chi connectivity index (χ0n) is 13.0. The van der Waals surface area contributed by atoms with Crippen LogP contribution in [0.2, 0.25) is 0 Å². The fraction of sp³-hybridized carbons (Fsp3) is 0.467. The number of phenols is 1. The summed E-state index contributed by atoms with van der Waals surface area (Å²) in [7, 11) is 2.77. The predicted molar refractivity (Wildman–Crippen MR) is 79.3 cm³/mol. The Labute approximate surface area is 128 Å². The lowest BCUT2D eigenvalue weighted by atomic mass is 10.0. The molecule has 0 bridgehead atoms. The molecule has 0 unspecified atom stereocenters. The molecule has 122 valence electrons. The van der Waals surface area contributed by atoms with Crippen LogP contribution in [0.5, 0.6) is 17.2 Å². The van der Waals surface area contributed by atoms with Crippen molar-refractivity contribution in [2.24, 2.45) is 5.92 Å². The van der Waals surface area contributed by atoms with Crippen LogP contribution in [0.15, 0.2) is 12.1 Å². The molecule has 0 spiro atoms. The second-order valence-electron chi connectivity index (χ2n) is 5.15. The first-order chi connectivity index (χ1) is 10.3. The highest BCUT2D eigenvalue weighted by Crippen LogP contribution is 2.37. The quantitative estimate of drug-likeness (QED) is 0.698. The van der Waals surface area contributed by atoms with Crippen LogP contribution in [0.1, 0.15) is 19.4 Å². The topological polar surface area (TPSA) is 105 Å². The van der Waals surface area contributed by atoms with Crippen molar-refractivity contribution in [2.75, 3.05) is 14.2 Å². The number of amides is 1. The van der Waals surface area contributed by atoms with E-state index < -0.39 is 17.9 Å². The molecule has 1 rings (SSSR count). The number of rotatable bonds is 7. The van der Waals surface area contributed by atoms with Gasteiger partial charge in [-0.05, 0) is 23.6 Å². The largest absolute Gasteiger partial charge is 0.502 e. The summed E-state index contributed by atoms with van der Waals surface area (Å²) < 4.78 is 10.0. The normalized spacial score (nSPS) is 11.9. The van der Waals surface area contributed by atoms with Crippen LogP contribution in [0.4, 0.5) is 0 Å². The molecule has 0 aromatic heterocycles. The van der Waals surface area contributed by atoms with Gasteiger partial charge < -0.3 is 25.0 Å². The first-order valence-corrected chi connectivity index (χ1v) is 6.76. The Hall–Kier alpha value is -2.44. The highest BCUT2D eigenvalue weighted by atomic mass is 16.5. The minimum absolute atomic E-state index is 0.0521. The summed E-state index contributed by atoms with van der Waals surface area (Å²) in [5.41, 5.74) is 0.539. The molecule has 0 aliphatic carbocycles. The second kappa shape index (κ2) is 7.53. The number of hydrogen-bond acceptors (Lipinski definition) is 5. The van der Waals surface area contributed by atoms with E-state index in [4.69, 9.17) is 14.6 Å². The first kappa shape index (κ1) is 17.6. The van der Waals surface area contributed by atoms with Crippen LogP contribution in [0.3, 0.4) is 0 Å². The van der Waals surface area contributed by atoms with E-state index in [1.165, 1.54) is 26.4 Å². The van der Waals surface area contributed by atoms with Gasteiger partial charge in [-0.15, -0.1) is 0 Å². The molecule has 7 heteroatoms. The Morgan fingerprint density at radius 1 is 1.18 bits per heavy atom. The van der Waals surface area contributed by atoms with Crippen molar-refractivity contribution < 1.29 is 29.3 Å². The molecule has 0 saturated carbocycles. The van der Waals surface area contributed by atoms with Crippen LogP contribution >= 0.6 is 0 Å². The van der Waals surface area contributed by atoms with E-state index in [0.717, 1.165) is 0 Å². The van der Waals surface area contributed by atoms with Crippen LogP contribution in [-0.4, -0.2) is 42.4 Å². The van der Waals surface area contributed by atoms with Crippen molar-refractivity contribution in [1.29, 1.82) is 0 Å². The molecular weight excluding hydrogens is 290 g/mol. The number of benzene rings is 1. The molecule has 1 aromatic carbocycles. The molecule has 0 heterocycles. The van der Waals surface area contributed by atoms with E-state index in [-0.39, 0.29) is 29.6 Å². The van der Waals surface area contributed by atoms with Crippen LogP contribution in [0, 0.1) is 5.92 Å². The van der Waals surface area contributed by atoms with Gasteiger partial charge in [-0.25, -0.2) is 4.79 Å². The van der Waals surface area contributed by atoms with Gasteiger partial charge in [0, 0.05) is 0 Å². The Morgan fingerprint density at radius 3 is 2.05 bits per heavy atom. The fourth-order valence-electron chi connectivity index (χ4n) is 1.97. The highest BCUT2D eigenvalue weighted by molar-refractivity contribution is 5.85. The van der Waals surface area contributed by atoms with E-state index in [1.54, 1.807) is 13.8 Å². The second-order valence-corrected chi connectivity index (χ2v) is 5.15. The Balaban J connectivity index is 2.90. The number of aromatic hydroxyl groups is 1. The Bertz CT molecular complexity index is 530. The molecule has 1 aromatic rings. The van der Waals surface area contributed by atoms with Gasteiger partial charge in [0.1, 0.15) is 6.04 Å².